The number of nitrogens with one attached hydrogen (secondary N) is 1. The number of hydrogen-bond acceptors (Lipinski definition) is 6. The number of hydrogen-bond donors (Lipinski definition) is 2. The second-order valence-corrected chi connectivity index (χ2v) is 6.95. The van der Waals surface area contributed by atoms with Crippen LogP contribution in [0.1, 0.15) is 30.0 Å². The molecule has 1 aliphatic heterocycles. The highest BCUT2D eigenvalue weighted by atomic mass is 16.7. The minimum Gasteiger partial charge on any atom is -0.495 e. The lowest BCUT2D eigenvalue weighted by Gasteiger charge is -2.38. The van der Waals surface area contributed by atoms with Gasteiger partial charge in [0.05, 0.1) is 31.9 Å². The molecule has 1 atom stereocenters. The molecule has 27 heavy (non-hydrogen) atoms. The van der Waals surface area contributed by atoms with E-state index in [9.17, 15) is 9.90 Å². The van der Waals surface area contributed by atoms with Crippen molar-refractivity contribution < 1.29 is 24.1 Å². The number of aliphatic hydroxyl groups is 1. The molecule has 2 aromatic rings. The molecule has 1 aromatic heterocycles. The largest absolute Gasteiger partial charge is 0.495 e. The number of rotatable bonds is 6. The molecule has 2 aliphatic rings. The molecule has 1 saturated carbocycles. The molecule has 7 nitrogen and oxygen atoms in total. The van der Waals surface area contributed by atoms with Gasteiger partial charge in [0, 0.05) is 6.20 Å². The van der Waals surface area contributed by atoms with Crippen molar-refractivity contribution in [3.05, 3.63) is 47.8 Å². The van der Waals surface area contributed by atoms with Gasteiger partial charge >= 0.3 is 0 Å². The number of amides is 1. The summed E-state index contributed by atoms with van der Waals surface area (Å²) >= 11 is 0. The third kappa shape index (κ3) is 3.83. The molecule has 0 radical (unpaired) electrons. The van der Waals surface area contributed by atoms with E-state index in [1.165, 1.54) is 0 Å². The van der Waals surface area contributed by atoms with Crippen molar-refractivity contribution in [3.8, 4) is 17.2 Å². The van der Waals surface area contributed by atoms with E-state index >= 15 is 0 Å². The quantitative estimate of drug-likeness (QED) is 0.808. The Morgan fingerprint density at radius 3 is 2.89 bits per heavy atom. The summed E-state index contributed by atoms with van der Waals surface area (Å²) in [6, 6.07) is 7.18. The number of aromatic nitrogens is 1. The third-order valence-electron chi connectivity index (χ3n) is 5.07. The molecule has 0 saturated heterocycles. The Balaban J connectivity index is 1.48. The van der Waals surface area contributed by atoms with E-state index < -0.39 is 0 Å². The molecule has 7 heteroatoms. The topological polar surface area (TPSA) is 89.9 Å². The second-order valence-electron chi connectivity index (χ2n) is 6.95. The van der Waals surface area contributed by atoms with E-state index in [0.717, 1.165) is 11.1 Å². The number of pyridine rings is 1. The Labute approximate surface area is 157 Å². The van der Waals surface area contributed by atoms with Crippen molar-refractivity contribution in [3.63, 3.8) is 0 Å². The summed E-state index contributed by atoms with van der Waals surface area (Å²) < 4.78 is 15.9. The number of benzene rings is 1. The number of ether oxygens (including phenoxy) is 3. The molecule has 142 valence electrons. The normalized spacial score (nSPS) is 21.3. The van der Waals surface area contributed by atoms with Crippen molar-refractivity contribution >= 4 is 5.91 Å². The molecule has 1 amide bonds. The van der Waals surface area contributed by atoms with E-state index in [1.54, 1.807) is 19.5 Å². The first kappa shape index (κ1) is 17.6. The lowest BCUT2D eigenvalue weighted by atomic mass is 9.75. The van der Waals surface area contributed by atoms with Crippen LogP contribution in [-0.4, -0.2) is 36.0 Å². The summed E-state index contributed by atoms with van der Waals surface area (Å²) in [6.07, 6.45) is 4.61. The molecule has 2 N–H and O–H groups in total. The Morgan fingerprint density at radius 1 is 1.30 bits per heavy atom. The van der Waals surface area contributed by atoms with E-state index in [0.29, 0.717) is 30.1 Å². The van der Waals surface area contributed by atoms with E-state index in [4.69, 9.17) is 14.2 Å². The van der Waals surface area contributed by atoms with Gasteiger partial charge in [-0.05, 0) is 48.1 Å². The summed E-state index contributed by atoms with van der Waals surface area (Å²) in [5.74, 6) is 2.08. The summed E-state index contributed by atoms with van der Waals surface area (Å²) in [4.78, 5) is 16.9. The molecule has 1 aromatic carbocycles. The Morgan fingerprint density at radius 2 is 2.11 bits per heavy atom. The van der Waals surface area contributed by atoms with Gasteiger partial charge in [0.15, 0.2) is 11.5 Å². The third-order valence-corrected chi connectivity index (χ3v) is 5.07. The summed E-state index contributed by atoms with van der Waals surface area (Å²) in [5.41, 5.74) is 1.73. The van der Waals surface area contributed by atoms with Crippen molar-refractivity contribution in [2.24, 2.45) is 5.92 Å². The summed E-state index contributed by atoms with van der Waals surface area (Å²) in [5, 5.41) is 12.8. The monoisotopic (exact) mass is 370 g/mol. The average molecular weight is 370 g/mol. The highest BCUT2D eigenvalue weighted by Gasteiger charge is 2.36. The summed E-state index contributed by atoms with van der Waals surface area (Å²) in [6.45, 7) is 0.208. The van der Waals surface area contributed by atoms with Gasteiger partial charge in [0.25, 0.3) is 0 Å². The van der Waals surface area contributed by atoms with Crippen molar-refractivity contribution in [1.29, 1.82) is 0 Å². The predicted molar refractivity (Wildman–Crippen MR) is 96.7 cm³/mol. The molecular formula is C20H22N2O5. The highest BCUT2D eigenvalue weighted by Crippen LogP contribution is 2.38. The number of carbonyl (C=O) groups excluding carboxylic acids is 1. The van der Waals surface area contributed by atoms with Gasteiger partial charge in [0.2, 0.25) is 12.7 Å². The molecular weight excluding hydrogens is 348 g/mol. The van der Waals surface area contributed by atoms with Gasteiger partial charge in [-0.1, -0.05) is 6.07 Å². The van der Waals surface area contributed by atoms with Crippen LogP contribution in [0.2, 0.25) is 0 Å². The zero-order valence-electron chi connectivity index (χ0n) is 15.1. The van der Waals surface area contributed by atoms with Crippen LogP contribution >= 0.6 is 0 Å². The van der Waals surface area contributed by atoms with Gasteiger partial charge < -0.3 is 24.6 Å². The van der Waals surface area contributed by atoms with Gasteiger partial charge in [0.1, 0.15) is 5.75 Å². The predicted octanol–water partition coefficient (Wildman–Crippen LogP) is 1.99. The maximum atomic E-state index is 12.7. The van der Waals surface area contributed by atoms with Crippen LogP contribution in [0.4, 0.5) is 0 Å². The number of methoxy groups -OCH3 is 1. The van der Waals surface area contributed by atoms with Crippen LogP contribution in [0.15, 0.2) is 36.7 Å². The maximum Gasteiger partial charge on any atom is 0.231 e. The molecule has 4 rings (SSSR count). The van der Waals surface area contributed by atoms with Crippen molar-refractivity contribution in [1.82, 2.24) is 10.3 Å². The molecule has 0 bridgehead atoms. The van der Waals surface area contributed by atoms with E-state index in [-0.39, 0.29) is 37.2 Å². The first-order valence-corrected chi connectivity index (χ1v) is 8.97. The fourth-order valence-electron chi connectivity index (χ4n) is 3.55. The lowest BCUT2D eigenvalue weighted by molar-refractivity contribution is -0.122. The number of carbonyl (C=O) groups is 1. The molecule has 2 heterocycles. The second kappa shape index (κ2) is 7.44. The zero-order chi connectivity index (χ0) is 18.8. The van der Waals surface area contributed by atoms with Crippen molar-refractivity contribution in [2.45, 2.75) is 31.4 Å². The lowest BCUT2D eigenvalue weighted by Crippen LogP contribution is -2.41. The van der Waals surface area contributed by atoms with Gasteiger partial charge in [-0.3, -0.25) is 9.78 Å². The minimum atomic E-state index is -0.304. The van der Waals surface area contributed by atoms with Gasteiger partial charge in [-0.2, -0.15) is 0 Å². The van der Waals surface area contributed by atoms with E-state index in [2.05, 4.69) is 10.3 Å². The number of fused-ring (bicyclic) bond motifs is 1. The van der Waals surface area contributed by atoms with Crippen LogP contribution in [0.5, 0.6) is 17.2 Å². The number of aliphatic hydroxyl groups excluding tert-OH is 1. The van der Waals surface area contributed by atoms with Crippen LogP contribution < -0.4 is 19.5 Å². The van der Waals surface area contributed by atoms with E-state index in [1.807, 2.05) is 24.3 Å². The highest BCUT2D eigenvalue weighted by molar-refractivity contribution is 5.79. The van der Waals surface area contributed by atoms with Crippen LogP contribution in [0.3, 0.4) is 0 Å². The Hall–Kier alpha value is -2.80. The first-order chi connectivity index (χ1) is 13.1. The average Bonchev–Trinajstić information content (AvgIpc) is 3.11. The Bertz CT molecular complexity index is 835. The molecule has 0 spiro atoms. The standard InChI is InChI=1S/C20H22N2O5/c1-25-16-8-14(9-21-10-16)20(13-6-15(23)7-13)22-19(24)5-12-2-3-17-18(4-12)27-11-26-17/h2-4,8-10,13,15,20,23H,5-7,11H2,1H3,(H,22,24)/t13?,15?,20-/m0/s1. The number of nitrogens with zero attached hydrogens (tertiary/aromatic N) is 1. The van der Waals surface area contributed by atoms with Gasteiger partial charge in [-0.25, -0.2) is 0 Å². The Kier molecular flexibility index (Phi) is 4.85. The minimum absolute atomic E-state index is 0.0944. The van der Waals surface area contributed by atoms with Crippen LogP contribution in [0.25, 0.3) is 0 Å². The van der Waals surface area contributed by atoms with Crippen molar-refractivity contribution in [2.75, 3.05) is 13.9 Å². The SMILES string of the molecule is COc1cncc([C@@H](NC(=O)Cc2ccc3c(c2)OCO3)C2CC(O)C2)c1. The first-order valence-electron chi connectivity index (χ1n) is 8.97. The summed E-state index contributed by atoms with van der Waals surface area (Å²) in [7, 11) is 1.58. The van der Waals surface area contributed by atoms with Gasteiger partial charge in [-0.15, -0.1) is 0 Å². The smallest absolute Gasteiger partial charge is 0.231 e. The maximum absolute atomic E-state index is 12.7. The fourth-order valence-corrected chi connectivity index (χ4v) is 3.55. The molecule has 1 fully saturated rings. The zero-order valence-corrected chi connectivity index (χ0v) is 15.1. The van der Waals surface area contributed by atoms with Crippen LogP contribution in [0, 0.1) is 5.92 Å². The molecule has 1 aliphatic carbocycles. The fraction of sp³-hybridized carbons (Fsp3) is 0.400. The molecule has 0 unspecified atom stereocenters. The van der Waals surface area contributed by atoms with Crippen LogP contribution in [-0.2, 0) is 11.2 Å².